The van der Waals surface area contributed by atoms with Gasteiger partial charge in [-0.3, -0.25) is 0 Å². The van der Waals surface area contributed by atoms with Crippen molar-refractivity contribution in [2.24, 2.45) is 0 Å². The molecule has 0 saturated carbocycles. The van der Waals surface area contributed by atoms with Gasteiger partial charge in [-0.05, 0) is 35.4 Å². The average Bonchev–Trinajstić information content (AvgIpc) is 1.96. The Labute approximate surface area is 86.2 Å². The summed E-state index contributed by atoms with van der Waals surface area (Å²) >= 11 is 1.71. The molecule has 0 unspecified atom stereocenters. The van der Waals surface area contributed by atoms with Crippen molar-refractivity contribution < 1.29 is 15.3 Å². The Hall–Kier alpha value is 0.350. The Morgan fingerprint density at radius 1 is 1.33 bits per heavy atom. The van der Waals surface area contributed by atoms with Crippen LogP contribution in [0.2, 0.25) is 0 Å². The van der Waals surface area contributed by atoms with Gasteiger partial charge < -0.3 is 15.3 Å². The highest BCUT2D eigenvalue weighted by Gasteiger charge is 2.21. The summed E-state index contributed by atoms with van der Waals surface area (Å²) in [6.07, 6.45) is 5.67. The van der Waals surface area contributed by atoms with Gasteiger partial charge in [-0.15, -0.1) is 0 Å². The zero-order valence-electron chi connectivity index (χ0n) is 7.13. The molecule has 0 spiro atoms. The second kappa shape index (κ2) is 5.90. The summed E-state index contributed by atoms with van der Waals surface area (Å²) in [7, 11) is 0. The van der Waals surface area contributed by atoms with Gasteiger partial charge in [0.2, 0.25) is 0 Å². The summed E-state index contributed by atoms with van der Waals surface area (Å²) < 4.78 is 0.163. The highest BCUT2D eigenvalue weighted by Crippen LogP contribution is 2.19. The van der Waals surface area contributed by atoms with E-state index in [0.717, 1.165) is 25.7 Å². The molecular formula is C8H15IO3. The van der Waals surface area contributed by atoms with Crippen LogP contribution in [0.3, 0.4) is 0 Å². The molecular weight excluding hydrogens is 271 g/mol. The standard InChI is InChI=1S/C8H15IO3/c1-2-3-4-5-6-7(9)8(10,11)12/h6,10-12H,2-5H2,1H3. The van der Waals surface area contributed by atoms with Crippen molar-refractivity contribution in [1.82, 2.24) is 0 Å². The molecule has 0 rings (SSSR count). The lowest BCUT2D eigenvalue weighted by Crippen LogP contribution is -2.26. The summed E-state index contributed by atoms with van der Waals surface area (Å²) in [5.41, 5.74) is 0. The minimum absolute atomic E-state index is 0.163. The van der Waals surface area contributed by atoms with Gasteiger partial charge in [-0.1, -0.05) is 25.8 Å². The van der Waals surface area contributed by atoms with E-state index in [1.807, 2.05) is 0 Å². The Morgan fingerprint density at radius 3 is 2.33 bits per heavy atom. The second-order valence-corrected chi connectivity index (χ2v) is 3.85. The van der Waals surface area contributed by atoms with Crippen LogP contribution in [-0.2, 0) is 0 Å². The number of aliphatic hydroxyl groups is 3. The lowest BCUT2D eigenvalue weighted by molar-refractivity contribution is -0.274. The summed E-state index contributed by atoms with van der Waals surface area (Å²) in [4.78, 5) is 0. The van der Waals surface area contributed by atoms with Crippen molar-refractivity contribution in [2.45, 2.75) is 38.6 Å². The van der Waals surface area contributed by atoms with Crippen LogP contribution < -0.4 is 0 Å². The zero-order chi connectivity index (χ0) is 9.61. The van der Waals surface area contributed by atoms with Crippen LogP contribution in [0.5, 0.6) is 0 Å². The molecule has 3 N–H and O–H groups in total. The Balaban J connectivity index is 3.70. The molecule has 0 bridgehead atoms. The zero-order valence-corrected chi connectivity index (χ0v) is 9.28. The quantitative estimate of drug-likeness (QED) is 0.408. The molecule has 0 aromatic carbocycles. The summed E-state index contributed by atoms with van der Waals surface area (Å²) in [6, 6.07) is 0. The van der Waals surface area contributed by atoms with Gasteiger partial charge in [0.1, 0.15) is 0 Å². The first-order valence-electron chi connectivity index (χ1n) is 4.01. The van der Waals surface area contributed by atoms with E-state index >= 15 is 0 Å². The summed E-state index contributed by atoms with van der Waals surface area (Å²) in [5, 5.41) is 26.0. The summed E-state index contributed by atoms with van der Waals surface area (Å²) in [5.74, 6) is -2.65. The van der Waals surface area contributed by atoms with E-state index in [0.29, 0.717) is 0 Å². The SMILES string of the molecule is CCCCCC=C(I)C(O)(O)O. The molecule has 0 fully saturated rings. The predicted octanol–water partition coefficient (Wildman–Crippen LogP) is 1.52. The Morgan fingerprint density at radius 2 is 1.92 bits per heavy atom. The average molecular weight is 286 g/mol. The van der Waals surface area contributed by atoms with E-state index in [1.54, 1.807) is 28.7 Å². The first-order chi connectivity index (χ1) is 5.48. The first kappa shape index (κ1) is 12.3. The fourth-order valence-electron chi connectivity index (χ4n) is 0.760. The van der Waals surface area contributed by atoms with Crippen molar-refractivity contribution in [1.29, 1.82) is 0 Å². The van der Waals surface area contributed by atoms with Gasteiger partial charge in [0, 0.05) is 0 Å². The van der Waals surface area contributed by atoms with Crippen LogP contribution in [0.25, 0.3) is 0 Å². The highest BCUT2D eigenvalue weighted by molar-refractivity contribution is 14.1. The third kappa shape index (κ3) is 5.93. The number of rotatable bonds is 5. The number of halogens is 1. The van der Waals surface area contributed by atoms with Crippen molar-refractivity contribution in [3.8, 4) is 0 Å². The molecule has 0 amide bonds. The lowest BCUT2D eigenvalue weighted by atomic mass is 10.2. The van der Waals surface area contributed by atoms with Gasteiger partial charge in [0.15, 0.2) is 0 Å². The Kier molecular flexibility index (Phi) is 6.08. The number of hydrogen-bond acceptors (Lipinski definition) is 3. The molecule has 3 nitrogen and oxygen atoms in total. The minimum atomic E-state index is -2.65. The van der Waals surface area contributed by atoms with Crippen molar-refractivity contribution in [2.75, 3.05) is 0 Å². The molecule has 0 saturated heterocycles. The topological polar surface area (TPSA) is 60.7 Å². The molecule has 0 aromatic heterocycles. The van der Waals surface area contributed by atoms with E-state index in [-0.39, 0.29) is 3.58 Å². The van der Waals surface area contributed by atoms with E-state index in [9.17, 15) is 0 Å². The lowest BCUT2D eigenvalue weighted by Gasteiger charge is -2.12. The maximum absolute atomic E-state index is 8.68. The van der Waals surface area contributed by atoms with Crippen molar-refractivity contribution in [3.05, 3.63) is 9.66 Å². The second-order valence-electron chi connectivity index (χ2n) is 2.68. The van der Waals surface area contributed by atoms with Crippen LogP contribution >= 0.6 is 22.6 Å². The molecule has 12 heavy (non-hydrogen) atoms. The van der Waals surface area contributed by atoms with Gasteiger partial charge in [-0.25, -0.2) is 0 Å². The van der Waals surface area contributed by atoms with Crippen LogP contribution in [0.15, 0.2) is 9.66 Å². The molecule has 72 valence electrons. The monoisotopic (exact) mass is 286 g/mol. The normalized spacial score (nSPS) is 13.6. The number of allylic oxidation sites excluding steroid dienone is 1. The number of unbranched alkanes of at least 4 members (excludes halogenated alkanes) is 3. The number of hydrogen-bond donors (Lipinski definition) is 3. The van der Waals surface area contributed by atoms with Crippen LogP contribution in [0, 0.1) is 0 Å². The van der Waals surface area contributed by atoms with Crippen LogP contribution in [-0.4, -0.2) is 21.3 Å². The van der Waals surface area contributed by atoms with Gasteiger partial charge >= 0.3 is 5.97 Å². The largest absolute Gasteiger partial charge is 0.339 e. The van der Waals surface area contributed by atoms with Crippen LogP contribution in [0.4, 0.5) is 0 Å². The minimum Gasteiger partial charge on any atom is -0.339 e. The fraction of sp³-hybridized carbons (Fsp3) is 0.750. The van der Waals surface area contributed by atoms with Crippen molar-refractivity contribution >= 4 is 22.6 Å². The van der Waals surface area contributed by atoms with Crippen molar-refractivity contribution in [3.63, 3.8) is 0 Å². The predicted molar refractivity (Wildman–Crippen MR) is 55.6 cm³/mol. The maximum Gasteiger partial charge on any atom is 0.310 e. The molecule has 0 atom stereocenters. The fourth-order valence-corrected chi connectivity index (χ4v) is 1.07. The van der Waals surface area contributed by atoms with E-state index < -0.39 is 5.97 Å². The Bertz CT molecular complexity index is 149. The smallest absolute Gasteiger partial charge is 0.310 e. The van der Waals surface area contributed by atoms with Gasteiger partial charge in [0.25, 0.3) is 0 Å². The molecule has 0 aromatic rings. The maximum atomic E-state index is 8.68. The molecule has 0 aliphatic heterocycles. The molecule has 0 aliphatic carbocycles. The van der Waals surface area contributed by atoms with Gasteiger partial charge in [0.05, 0.1) is 3.58 Å². The van der Waals surface area contributed by atoms with Crippen LogP contribution in [0.1, 0.15) is 32.6 Å². The molecule has 0 radical (unpaired) electrons. The van der Waals surface area contributed by atoms with E-state index in [2.05, 4.69) is 6.92 Å². The van der Waals surface area contributed by atoms with E-state index in [4.69, 9.17) is 15.3 Å². The van der Waals surface area contributed by atoms with E-state index in [1.165, 1.54) is 0 Å². The molecule has 0 heterocycles. The first-order valence-corrected chi connectivity index (χ1v) is 5.09. The molecule has 4 heteroatoms. The third-order valence-electron chi connectivity index (χ3n) is 1.45. The highest BCUT2D eigenvalue weighted by atomic mass is 127. The third-order valence-corrected chi connectivity index (χ3v) is 2.62. The van der Waals surface area contributed by atoms with Gasteiger partial charge in [-0.2, -0.15) is 0 Å². The molecule has 0 aliphatic rings. The summed E-state index contributed by atoms with van der Waals surface area (Å²) in [6.45, 7) is 2.10.